The first-order valence-electron chi connectivity index (χ1n) is 6.41. The Bertz CT molecular complexity index is 382. The second-order valence-corrected chi connectivity index (χ2v) is 6.00. The van der Waals surface area contributed by atoms with Crippen LogP contribution in [0.5, 0.6) is 0 Å². The van der Waals surface area contributed by atoms with E-state index in [1.807, 2.05) is 24.3 Å². The molecule has 1 unspecified atom stereocenters. The predicted octanol–water partition coefficient (Wildman–Crippen LogP) is 3.10. The van der Waals surface area contributed by atoms with Crippen molar-refractivity contribution in [3.8, 4) is 0 Å². The summed E-state index contributed by atoms with van der Waals surface area (Å²) in [7, 11) is 0. The molecule has 1 aromatic rings. The van der Waals surface area contributed by atoms with Crippen LogP contribution >= 0.6 is 23.4 Å². The third-order valence-electron chi connectivity index (χ3n) is 2.51. The van der Waals surface area contributed by atoms with Crippen molar-refractivity contribution in [1.82, 2.24) is 5.32 Å². The van der Waals surface area contributed by atoms with E-state index < -0.39 is 0 Å². The highest BCUT2D eigenvalue weighted by atomic mass is 35.5. The van der Waals surface area contributed by atoms with E-state index >= 15 is 0 Å². The SMILES string of the molecule is CC(O)CCNC(=O)CCCSc1ccc(Cl)cc1. The van der Waals surface area contributed by atoms with Gasteiger partial charge in [-0.1, -0.05) is 11.6 Å². The maximum atomic E-state index is 11.5. The van der Waals surface area contributed by atoms with Gasteiger partial charge in [0.25, 0.3) is 0 Å². The Kier molecular flexibility index (Phi) is 7.94. The Balaban J connectivity index is 2.07. The second kappa shape index (κ2) is 9.23. The van der Waals surface area contributed by atoms with Gasteiger partial charge in [-0.05, 0) is 49.8 Å². The molecular formula is C14H20ClNO2S. The number of rotatable bonds is 8. The molecule has 0 aliphatic carbocycles. The zero-order valence-corrected chi connectivity index (χ0v) is 12.6. The number of aliphatic hydroxyl groups is 1. The summed E-state index contributed by atoms with van der Waals surface area (Å²) >= 11 is 7.53. The van der Waals surface area contributed by atoms with Gasteiger partial charge in [0, 0.05) is 22.9 Å². The zero-order chi connectivity index (χ0) is 14.1. The van der Waals surface area contributed by atoms with Gasteiger partial charge in [0.15, 0.2) is 0 Å². The average Bonchev–Trinajstić information content (AvgIpc) is 2.36. The number of aliphatic hydroxyl groups excluding tert-OH is 1. The summed E-state index contributed by atoms with van der Waals surface area (Å²) in [5.41, 5.74) is 0. The van der Waals surface area contributed by atoms with E-state index in [0.717, 1.165) is 17.2 Å². The first-order valence-corrected chi connectivity index (χ1v) is 7.77. The lowest BCUT2D eigenvalue weighted by atomic mass is 10.2. The van der Waals surface area contributed by atoms with E-state index in [2.05, 4.69) is 5.32 Å². The van der Waals surface area contributed by atoms with Crippen LogP contribution in [0.4, 0.5) is 0 Å². The molecule has 0 heterocycles. The Labute approximate surface area is 123 Å². The van der Waals surface area contributed by atoms with Gasteiger partial charge in [0.1, 0.15) is 0 Å². The van der Waals surface area contributed by atoms with Crippen molar-refractivity contribution in [3.05, 3.63) is 29.3 Å². The molecule has 1 amide bonds. The number of halogens is 1. The number of hydrogen-bond donors (Lipinski definition) is 2. The van der Waals surface area contributed by atoms with Crippen molar-refractivity contribution in [3.63, 3.8) is 0 Å². The molecule has 3 nitrogen and oxygen atoms in total. The molecule has 1 atom stereocenters. The molecule has 0 spiro atoms. The third kappa shape index (κ3) is 8.14. The Morgan fingerprint density at radius 1 is 1.42 bits per heavy atom. The fourth-order valence-electron chi connectivity index (χ4n) is 1.46. The number of amides is 1. The van der Waals surface area contributed by atoms with Gasteiger partial charge in [0.05, 0.1) is 6.10 Å². The largest absolute Gasteiger partial charge is 0.393 e. The monoisotopic (exact) mass is 301 g/mol. The minimum Gasteiger partial charge on any atom is -0.393 e. The summed E-state index contributed by atoms with van der Waals surface area (Å²) in [5.74, 6) is 0.961. The molecule has 0 aromatic heterocycles. The van der Waals surface area contributed by atoms with E-state index in [9.17, 15) is 4.79 Å². The van der Waals surface area contributed by atoms with Crippen LogP contribution in [0.15, 0.2) is 29.2 Å². The smallest absolute Gasteiger partial charge is 0.220 e. The van der Waals surface area contributed by atoms with Crippen LogP contribution in [0.1, 0.15) is 26.2 Å². The summed E-state index contributed by atoms with van der Waals surface area (Å²) in [6.07, 6.45) is 1.61. The summed E-state index contributed by atoms with van der Waals surface area (Å²) < 4.78 is 0. The van der Waals surface area contributed by atoms with Crippen LogP contribution in [0.2, 0.25) is 5.02 Å². The highest BCUT2D eigenvalue weighted by Gasteiger charge is 2.02. The molecule has 1 aromatic carbocycles. The average molecular weight is 302 g/mol. The van der Waals surface area contributed by atoms with Crippen LogP contribution in [-0.4, -0.2) is 29.4 Å². The van der Waals surface area contributed by atoms with Gasteiger partial charge in [-0.25, -0.2) is 0 Å². The van der Waals surface area contributed by atoms with Crippen molar-refractivity contribution < 1.29 is 9.90 Å². The maximum absolute atomic E-state index is 11.5. The van der Waals surface area contributed by atoms with Crippen LogP contribution < -0.4 is 5.32 Å². The summed E-state index contributed by atoms with van der Waals surface area (Å²) in [6.45, 7) is 2.26. The highest BCUT2D eigenvalue weighted by molar-refractivity contribution is 7.99. The summed E-state index contributed by atoms with van der Waals surface area (Å²) in [4.78, 5) is 12.6. The second-order valence-electron chi connectivity index (χ2n) is 4.39. The number of carbonyl (C=O) groups is 1. The predicted molar refractivity (Wildman–Crippen MR) is 80.7 cm³/mol. The Morgan fingerprint density at radius 2 is 2.11 bits per heavy atom. The van der Waals surface area contributed by atoms with E-state index in [4.69, 9.17) is 16.7 Å². The molecular weight excluding hydrogens is 282 g/mol. The first-order chi connectivity index (χ1) is 9.08. The number of thioether (sulfide) groups is 1. The van der Waals surface area contributed by atoms with Crippen molar-refractivity contribution in [2.75, 3.05) is 12.3 Å². The number of nitrogens with one attached hydrogen (secondary N) is 1. The lowest BCUT2D eigenvalue weighted by Crippen LogP contribution is -2.26. The molecule has 2 N–H and O–H groups in total. The van der Waals surface area contributed by atoms with Crippen LogP contribution in [0.3, 0.4) is 0 Å². The Hall–Kier alpha value is -0.710. The molecule has 0 saturated carbocycles. The van der Waals surface area contributed by atoms with Gasteiger partial charge in [-0.3, -0.25) is 4.79 Å². The van der Waals surface area contributed by atoms with Crippen molar-refractivity contribution in [2.24, 2.45) is 0 Å². The molecule has 1 rings (SSSR count). The fourth-order valence-corrected chi connectivity index (χ4v) is 2.44. The molecule has 0 fully saturated rings. The minimum atomic E-state index is -0.360. The topological polar surface area (TPSA) is 49.3 Å². The number of carbonyl (C=O) groups excluding carboxylic acids is 1. The van der Waals surface area contributed by atoms with Crippen molar-refractivity contribution >= 4 is 29.3 Å². The van der Waals surface area contributed by atoms with Crippen LogP contribution in [0.25, 0.3) is 0 Å². The molecule has 0 radical (unpaired) electrons. The van der Waals surface area contributed by atoms with Gasteiger partial charge in [-0.15, -0.1) is 11.8 Å². The molecule has 0 aliphatic heterocycles. The van der Waals surface area contributed by atoms with Crippen molar-refractivity contribution in [2.45, 2.75) is 37.2 Å². The third-order valence-corrected chi connectivity index (χ3v) is 3.87. The molecule has 19 heavy (non-hydrogen) atoms. The normalized spacial score (nSPS) is 12.2. The standard InChI is InChI=1S/C14H20ClNO2S/c1-11(17)8-9-16-14(18)3-2-10-19-13-6-4-12(15)5-7-13/h4-7,11,17H,2-3,8-10H2,1H3,(H,16,18). The Morgan fingerprint density at radius 3 is 2.74 bits per heavy atom. The van der Waals surface area contributed by atoms with Gasteiger partial charge in [-0.2, -0.15) is 0 Å². The van der Waals surface area contributed by atoms with Gasteiger partial charge in [0.2, 0.25) is 5.91 Å². The van der Waals surface area contributed by atoms with Crippen LogP contribution in [0, 0.1) is 0 Å². The van der Waals surface area contributed by atoms with Crippen LogP contribution in [-0.2, 0) is 4.79 Å². The van der Waals surface area contributed by atoms with E-state index in [0.29, 0.717) is 19.4 Å². The number of benzene rings is 1. The molecule has 0 aliphatic rings. The lowest BCUT2D eigenvalue weighted by molar-refractivity contribution is -0.121. The maximum Gasteiger partial charge on any atom is 0.220 e. The highest BCUT2D eigenvalue weighted by Crippen LogP contribution is 2.21. The minimum absolute atomic E-state index is 0.0531. The van der Waals surface area contributed by atoms with Gasteiger partial charge >= 0.3 is 0 Å². The van der Waals surface area contributed by atoms with E-state index in [1.165, 1.54) is 4.90 Å². The van der Waals surface area contributed by atoms with E-state index in [-0.39, 0.29) is 12.0 Å². The fraction of sp³-hybridized carbons (Fsp3) is 0.500. The number of hydrogen-bond acceptors (Lipinski definition) is 3. The molecule has 0 bridgehead atoms. The van der Waals surface area contributed by atoms with E-state index in [1.54, 1.807) is 18.7 Å². The quantitative estimate of drug-likeness (QED) is 0.573. The zero-order valence-electron chi connectivity index (χ0n) is 11.1. The molecule has 0 saturated heterocycles. The molecule has 5 heteroatoms. The first kappa shape index (κ1) is 16.3. The van der Waals surface area contributed by atoms with Crippen molar-refractivity contribution in [1.29, 1.82) is 0 Å². The lowest BCUT2D eigenvalue weighted by Gasteiger charge is -2.06. The van der Waals surface area contributed by atoms with Gasteiger partial charge < -0.3 is 10.4 Å². The summed E-state index contributed by atoms with van der Waals surface area (Å²) in [6, 6.07) is 7.70. The summed E-state index contributed by atoms with van der Waals surface area (Å²) in [5, 5.41) is 12.6. The molecule has 106 valence electrons.